The Bertz CT molecular complexity index is 771. The number of anilines is 1. The van der Waals surface area contributed by atoms with Gasteiger partial charge < -0.3 is 25.5 Å². The number of halogens is 2. The van der Waals surface area contributed by atoms with E-state index in [0.717, 1.165) is 27.9 Å². The SMILES string of the molecule is O=C(O)CN1C(=O)/C(=C\c2ccc(N(CCCl)CCCl)cc2)SC1=S.OCCNCCO. The van der Waals surface area contributed by atoms with E-state index in [1.165, 1.54) is 0 Å². The Morgan fingerprint density at radius 2 is 1.69 bits per heavy atom. The summed E-state index contributed by atoms with van der Waals surface area (Å²) in [5.41, 5.74) is 1.83. The number of amides is 1. The van der Waals surface area contributed by atoms with Crippen LogP contribution < -0.4 is 10.2 Å². The van der Waals surface area contributed by atoms with Crippen molar-refractivity contribution in [3.63, 3.8) is 0 Å². The molecule has 1 fully saturated rings. The highest BCUT2D eigenvalue weighted by atomic mass is 35.5. The van der Waals surface area contributed by atoms with Crippen molar-refractivity contribution in [1.29, 1.82) is 0 Å². The van der Waals surface area contributed by atoms with Gasteiger partial charge in [0.2, 0.25) is 0 Å². The molecule has 0 bridgehead atoms. The lowest BCUT2D eigenvalue weighted by molar-refractivity contribution is -0.140. The van der Waals surface area contributed by atoms with E-state index in [9.17, 15) is 9.59 Å². The first-order valence-corrected chi connectivity index (χ1v) is 12.0. The first-order valence-electron chi connectivity index (χ1n) is 9.74. The number of thioether (sulfide) groups is 1. The minimum absolute atomic E-state index is 0.139. The number of rotatable bonds is 12. The highest BCUT2D eigenvalue weighted by Crippen LogP contribution is 2.32. The van der Waals surface area contributed by atoms with Gasteiger partial charge in [-0.2, -0.15) is 0 Å². The van der Waals surface area contributed by atoms with Gasteiger partial charge >= 0.3 is 5.97 Å². The van der Waals surface area contributed by atoms with Crippen molar-refractivity contribution in [1.82, 2.24) is 10.2 Å². The predicted octanol–water partition coefficient (Wildman–Crippen LogP) is 1.82. The standard InChI is InChI=1S/C16H16Cl2N2O3S2.C4H11NO2/c17-5-7-19(8-6-18)12-3-1-11(2-4-12)9-13-15(23)20(10-14(21)22)16(24)25-13;6-3-1-5-2-4-7/h1-4,9H,5-8,10H2,(H,21,22);5-7H,1-4H2/b13-9+;. The molecular weight excluding hydrogens is 497 g/mol. The molecule has 1 aliphatic rings. The van der Waals surface area contributed by atoms with Crippen molar-refractivity contribution in [3.05, 3.63) is 34.7 Å². The van der Waals surface area contributed by atoms with Crippen LogP contribution >= 0.6 is 47.2 Å². The van der Waals surface area contributed by atoms with Crippen LogP contribution in [0.4, 0.5) is 5.69 Å². The topological polar surface area (TPSA) is 113 Å². The second-order valence-corrected chi connectivity index (χ2v) is 8.75. The minimum Gasteiger partial charge on any atom is -0.480 e. The maximum atomic E-state index is 12.2. The number of nitrogens with zero attached hydrogens (tertiary/aromatic N) is 2. The molecule has 4 N–H and O–H groups in total. The Labute approximate surface area is 207 Å². The maximum Gasteiger partial charge on any atom is 0.323 e. The van der Waals surface area contributed by atoms with Crippen molar-refractivity contribution in [2.45, 2.75) is 0 Å². The van der Waals surface area contributed by atoms with Crippen molar-refractivity contribution in [3.8, 4) is 0 Å². The largest absolute Gasteiger partial charge is 0.480 e. The van der Waals surface area contributed by atoms with Gasteiger partial charge in [-0.3, -0.25) is 14.5 Å². The van der Waals surface area contributed by atoms with Gasteiger partial charge in [0.1, 0.15) is 10.9 Å². The second-order valence-electron chi connectivity index (χ2n) is 6.32. The van der Waals surface area contributed by atoms with Crippen molar-refractivity contribution in [2.75, 3.05) is 62.6 Å². The van der Waals surface area contributed by atoms with E-state index in [0.29, 0.717) is 42.8 Å². The molecule has 0 aromatic heterocycles. The van der Waals surface area contributed by atoms with E-state index in [1.54, 1.807) is 6.08 Å². The number of carbonyl (C=O) groups is 2. The number of thiocarbonyl (C=S) groups is 1. The summed E-state index contributed by atoms with van der Waals surface area (Å²) in [4.78, 5) is 26.6. The molecule has 0 spiro atoms. The van der Waals surface area contributed by atoms with E-state index in [4.69, 9.17) is 50.7 Å². The monoisotopic (exact) mass is 523 g/mol. The zero-order valence-electron chi connectivity index (χ0n) is 17.4. The number of hydrogen-bond acceptors (Lipinski definition) is 8. The average molecular weight is 524 g/mol. The molecule has 12 heteroatoms. The summed E-state index contributed by atoms with van der Waals surface area (Å²) in [6.07, 6.45) is 1.71. The number of aliphatic hydroxyl groups excluding tert-OH is 2. The number of alkyl halides is 2. The van der Waals surface area contributed by atoms with Crippen LogP contribution in [0.3, 0.4) is 0 Å². The normalized spacial score (nSPS) is 14.5. The number of aliphatic carboxylic acids is 1. The fourth-order valence-electron chi connectivity index (χ4n) is 2.56. The Hall–Kier alpha value is -1.40. The number of benzene rings is 1. The van der Waals surface area contributed by atoms with E-state index < -0.39 is 12.5 Å². The number of aliphatic hydroxyl groups is 2. The quantitative estimate of drug-likeness (QED) is 0.141. The number of carbonyl (C=O) groups excluding carboxylic acids is 1. The molecule has 178 valence electrons. The van der Waals surface area contributed by atoms with Gasteiger partial charge in [0.15, 0.2) is 0 Å². The highest BCUT2D eigenvalue weighted by molar-refractivity contribution is 8.26. The lowest BCUT2D eigenvalue weighted by Crippen LogP contribution is -2.33. The van der Waals surface area contributed by atoms with E-state index in [2.05, 4.69) is 10.2 Å². The molecule has 1 aromatic carbocycles. The second kappa shape index (κ2) is 16.2. The van der Waals surface area contributed by atoms with Gasteiger partial charge in [0.05, 0.1) is 18.1 Å². The van der Waals surface area contributed by atoms with Gasteiger partial charge in [-0.05, 0) is 23.8 Å². The summed E-state index contributed by atoms with van der Waals surface area (Å²) in [7, 11) is 0. The van der Waals surface area contributed by atoms with Crippen LogP contribution in [0.1, 0.15) is 5.56 Å². The van der Waals surface area contributed by atoms with E-state index in [1.807, 2.05) is 24.3 Å². The third kappa shape index (κ3) is 10.0. The van der Waals surface area contributed by atoms with Crippen molar-refractivity contribution < 1.29 is 24.9 Å². The predicted molar refractivity (Wildman–Crippen MR) is 135 cm³/mol. The number of hydrogen-bond donors (Lipinski definition) is 4. The van der Waals surface area contributed by atoms with Crippen LogP contribution in [-0.4, -0.2) is 94.1 Å². The minimum atomic E-state index is -1.10. The molecule has 1 heterocycles. The molecule has 2 rings (SSSR count). The fourth-order valence-corrected chi connectivity index (χ4v) is 4.22. The summed E-state index contributed by atoms with van der Waals surface area (Å²) in [5, 5.41) is 27.9. The molecule has 0 aliphatic carbocycles. The van der Waals surface area contributed by atoms with Crippen LogP contribution in [0.5, 0.6) is 0 Å². The zero-order valence-corrected chi connectivity index (χ0v) is 20.5. The lowest BCUT2D eigenvalue weighted by atomic mass is 10.1. The molecule has 1 amide bonds. The Morgan fingerprint density at radius 1 is 1.12 bits per heavy atom. The third-order valence-electron chi connectivity index (χ3n) is 4.01. The molecule has 0 radical (unpaired) electrons. The van der Waals surface area contributed by atoms with Crippen LogP contribution in [0.25, 0.3) is 6.08 Å². The van der Waals surface area contributed by atoms with Gasteiger partial charge in [-0.25, -0.2) is 0 Å². The van der Waals surface area contributed by atoms with Gasteiger partial charge in [0.25, 0.3) is 5.91 Å². The first kappa shape index (κ1) is 28.6. The number of nitrogens with one attached hydrogen (secondary N) is 1. The molecule has 0 saturated carbocycles. The van der Waals surface area contributed by atoms with Gasteiger partial charge in [0, 0.05) is 43.6 Å². The van der Waals surface area contributed by atoms with Crippen LogP contribution in [-0.2, 0) is 9.59 Å². The van der Waals surface area contributed by atoms with Crippen molar-refractivity contribution in [2.24, 2.45) is 0 Å². The molecular formula is C20H27Cl2N3O5S2. The zero-order chi connectivity index (χ0) is 23.9. The summed E-state index contributed by atoms with van der Waals surface area (Å²) in [6, 6.07) is 7.63. The maximum absolute atomic E-state index is 12.2. The molecule has 0 unspecified atom stereocenters. The average Bonchev–Trinajstić information content (AvgIpc) is 3.02. The van der Waals surface area contributed by atoms with Crippen molar-refractivity contribution >= 4 is 75.1 Å². The van der Waals surface area contributed by atoms with Crippen LogP contribution in [0.15, 0.2) is 29.2 Å². The first-order chi connectivity index (χ1) is 15.4. The molecule has 1 aromatic rings. The fraction of sp³-hybridized carbons (Fsp3) is 0.450. The Balaban J connectivity index is 0.000000633. The van der Waals surface area contributed by atoms with Crippen LogP contribution in [0.2, 0.25) is 0 Å². The summed E-state index contributed by atoms with van der Waals surface area (Å²) >= 11 is 17.8. The molecule has 8 nitrogen and oxygen atoms in total. The lowest BCUT2D eigenvalue weighted by Gasteiger charge is -2.22. The van der Waals surface area contributed by atoms with E-state index in [-0.39, 0.29) is 23.4 Å². The molecule has 1 aliphatic heterocycles. The number of carboxylic acid groups (broad SMARTS) is 1. The molecule has 32 heavy (non-hydrogen) atoms. The third-order valence-corrected chi connectivity index (χ3v) is 5.72. The smallest absolute Gasteiger partial charge is 0.323 e. The number of carboxylic acids is 1. The van der Waals surface area contributed by atoms with Gasteiger partial charge in [-0.15, -0.1) is 23.2 Å². The molecule has 0 atom stereocenters. The Kier molecular flexibility index (Phi) is 14.5. The van der Waals surface area contributed by atoms with Crippen LogP contribution in [0, 0.1) is 0 Å². The Morgan fingerprint density at radius 3 is 2.16 bits per heavy atom. The highest BCUT2D eigenvalue weighted by Gasteiger charge is 2.33. The summed E-state index contributed by atoms with van der Waals surface area (Å²) in [6.45, 7) is 2.39. The molecule has 1 saturated heterocycles. The summed E-state index contributed by atoms with van der Waals surface area (Å²) < 4.78 is 0.255. The van der Waals surface area contributed by atoms with Gasteiger partial charge in [-0.1, -0.05) is 36.1 Å². The van der Waals surface area contributed by atoms with E-state index >= 15 is 0 Å². The summed E-state index contributed by atoms with van der Waals surface area (Å²) in [5.74, 6) is -0.469.